The predicted octanol–water partition coefficient (Wildman–Crippen LogP) is -13.3. The van der Waals surface area contributed by atoms with Crippen LogP contribution in [0, 0.1) is 11.8 Å². The summed E-state index contributed by atoms with van der Waals surface area (Å²) < 4.78 is 58.5. The minimum Gasteiger partial charge on any atom is -0.394 e. The summed E-state index contributed by atoms with van der Waals surface area (Å²) in [7, 11) is 0. The fraction of sp³-hybridized carbons (Fsp3) is 0.918. The first-order chi connectivity index (χ1) is 50.8. The molecule has 0 aromatic rings. The van der Waals surface area contributed by atoms with Crippen molar-refractivity contribution in [3.63, 3.8) is 0 Å². The van der Waals surface area contributed by atoms with Crippen LogP contribution in [0.4, 0.5) is 0 Å². The van der Waals surface area contributed by atoms with Gasteiger partial charge < -0.3 is 192 Å². The van der Waals surface area contributed by atoms with E-state index in [1.54, 1.807) is 0 Å². The summed E-state index contributed by atoms with van der Waals surface area (Å²) >= 11 is 28.1. The maximum absolute atomic E-state index is 11.5. The lowest BCUT2D eigenvalue weighted by molar-refractivity contribution is -0.355. The fourth-order valence-corrected chi connectivity index (χ4v) is 14.7. The number of rotatable bonds is 28. The third-order valence-electron chi connectivity index (χ3n) is 19.9. The molecule has 0 aromatic carbocycles. The first-order valence-electron chi connectivity index (χ1n) is 35.8. The zero-order valence-corrected chi connectivity index (χ0v) is 62.4. The van der Waals surface area contributed by atoms with E-state index in [-0.39, 0.29) is 59.8 Å². The molecule has 45 heteroatoms. The van der Waals surface area contributed by atoms with Gasteiger partial charge in [0.1, 0.15) is 110 Å². The molecule has 28 N–H and O–H groups in total. The Morgan fingerprint density at radius 2 is 0.594 bits per heavy atom. The van der Waals surface area contributed by atoms with Gasteiger partial charge in [-0.15, -0.1) is 0 Å². The van der Waals surface area contributed by atoms with Crippen molar-refractivity contribution in [2.45, 2.75) is 210 Å². The number of hydrogen-bond acceptors (Lipinski definition) is 35. The molecule has 14 saturated heterocycles. The van der Waals surface area contributed by atoms with Gasteiger partial charge in [-0.25, -0.2) is 0 Å². The van der Waals surface area contributed by atoms with Crippen molar-refractivity contribution >= 4 is 86.7 Å². The number of hydrogen-bond donors (Lipinski definition) is 28. The van der Waals surface area contributed by atoms with Crippen LogP contribution in [-0.2, 0) is 47.4 Å². The highest BCUT2D eigenvalue weighted by molar-refractivity contribution is 7.81. The number of aliphatic hydroxyl groups excluding tert-OH is 18. The Morgan fingerprint density at radius 1 is 0.292 bits per heavy atom. The Balaban J connectivity index is 0.868. The van der Waals surface area contributed by atoms with E-state index in [0.29, 0.717) is 109 Å². The van der Waals surface area contributed by atoms with Crippen LogP contribution < -0.4 is 53.2 Å². The molecular weight excluding hydrogens is 1510 g/mol. The predicted molar refractivity (Wildman–Crippen MR) is 387 cm³/mol. The number of ether oxygens (including phenoxy) is 10. The zero-order chi connectivity index (χ0) is 76.9. The van der Waals surface area contributed by atoms with Crippen molar-refractivity contribution in [2.75, 3.05) is 131 Å². The topological polar surface area (TPSA) is 583 Å². The maximum atomic E-state index is 11.5. The minimum atomic E-state index is -1.64. The summed E-state index contributed by atoms with van der Waals surface area (Å²) in [5.74, 6) is -1.22. The Bertz CT molecular complexity index is 2530. The van der Waals surface area contributed by atoms with Gasteiger partial charge in [-0.3, -0.25) is 9.80 Å². The molecule has 14 fully saturated rings. The lowest BCUT2D eigenvalue weighted by Gasteiger charge is -2.47. The molecule has 0 saturated carbocycles. The summed E-state index contributed by atoms with van der Waals surface area (Å²) in [6.45, 7) is 1.68. The number of aliphatic hydroxyl groups is 18. The molecule has 106 heavy (non-hydrogen) atoms. The van der Waals surface area contributed by atoms with Crippen LogP contribution in [0.3, 0.4) is 0 Å². The highest BCUT2D eigenvalue weighted by atomic mass is 32.1. The molecule has 14 heterocycles. The maximum Gasteiger partial charge on any atom is 0.186 e. The van der Waals surface area contributed by atoms with Crippen molar-refractivity contribution in [3.8, 4) is 0 Å². The normalized spacial score (nSPS) is 39.4. The van der Waals surface area contributed by atoms with Gasteiger partial charge in [-0.1, -0.05) is 12.8 Å². The second kappa shape index (κ2) is 44.1. The van der Waals surface area contributed by atoms with Gasteiger partial charge in [-0.05, 0) is 86.8 Å². The smallest absolute Gasteiger partial charge is 0.186 e. The summed E-state index contributed by atoms with van der Waals surface area (Å²) in [6.07, 6.45) is -36.2. The molecule has 0 amide bonds. The molecule has 612 valence electrons. The van der Waals surface area contributed by atoms with Gasteiger partial charge in [0.15, 0.2) is 63.2 Å². The van der Waals surface area contributed by atoms with Crippen molar-refractivity contribution < 1.29 is 139 Å². The fourth-order valence-electron chi connectivity index (χ4n) is 13.7. The average Bonchev–Trinajstić information content (AvgIpc) is 0.790. The number of thiocarbonyl (C=S) groups is 5. The Hall–Kier alpha value is -2.75. The summed E-state index contributed by atoms with van der Waals surface area (Å²) in [6, 6.07) is 0. The lowest BCUT2D eigenvalue weighted by atomic mass is 9.84. The van der Waals surface area contributed by atoms with Crippen LogP contribution in [0.25, 0.3) is 0 Å². The Morgan fingerprint density at radius 3 is 0.925 bits per heavy atom. The van der Waals surface area contributed by atoms with Gasteiger partial charge in [0.2, 0.25) is 0 Å². The molecule has 16 unspecified atom stereocenters. The second-order valence-electron chi connectivity index (χ2n) is 27.2. The third-order valence-corrected chi connectivity index (χ3v) is 21.3. The van der Waals surface area contributed by atoms with Crippen LogP contribution in [0.2, 0.25) is 0 Å². The molecular formula is C61H110N12O28S5. The third kappa shape index (κ3) is 24.6. The largest absolute Gasteiger partial charge is 0.394 e. The van der Waals surface area contributed by atoms with E-state index < -0.39 is 210 Å². The van der Waals surface area contributed by atoms with E-state index in [1.165, 1.54) is 0 Å². The van der Waals surface area contributed by atoms with E-state index in [2.05, 4.69) is 58.1 Å². The summed E-state index contributed by atoms with van der Waals surface area (Å²) in [5.41, 5.74) is 0. The van der Waals surface area contributed by atoms with Crippen molar-refractivity contribution in [1.29, 1.82) is 0 Å². The second-order valence-corrected chi connectivity index (χ2v) is 29.2. The molecule has 14 rings (SSSR count). The Labute approximate surface area is 639 Å². The van der Waals surface area contributed by atoms with Crippen LogP contribution in [0.15, 0.2) is 0 Å². The first kappa shape index (κ1) is 88.8. The van der Waals surface area contributed by atoms with Crippen LogP contribution in [0.1, 0.15) is 38.5 Å². The summed E-state index contributed by atoms with van der Waals surface area (Å²) in [4.78, 5) is 4.08. The highest BCUT2D eigenvalue weighted by Gasteiger charge is 2.54. The minimum absolute atomic E-state index is 0.0266. The summed E-state index contributed by atoms with van der Waals surface area (Å²) in [5, 5.41) is 223. The van der Waals surface area contributed by atoms with E-state index in [9.17, 15) is 91.9 Å². The molecule has 0 aromatic heterocycles. The molecule has 30 atom stereocenters. The van der Waals surface area contributed by atoms with Gasteiger partial charge in [0.25, 0.3) is 0 Å². The van der Waals surface area contributed by atoms with E-state index in [4.69, 9.17) is 108 Å². The standard InChI is InChI=1S/C61H110N12O28S5/c74-23-31-37(80)39(82)43(86)51(94-31)70-60(105)66-11-17-73(18-12-67-61(106)71-52-44(87)40(83)38(81)32(24-75)95-52)14-8-63-57(102)62-7-13-72(15-9-64-58(103)68-21-29-27-5-1-3-19-92-53-47(90)41(84)49(33(25-76)98-53)100-55(96-29)45(88)35(27)78)16-10-65-59(104)69-22-30-28-6-2-4-20-93-54-48(91)42(85)50(34(26-77)99-54)101-56(97-30)46(89)36(28)79/h27-56,74-91H,1-26H2,(H2,62,63,102)(H2,64,68,103)(H2,65,69,104)(H2,66,70,105)(H2,67,71,106)/t27?,28?,29?,30?,31?,32?,33?,34?,35-,36-,37+,38+,39-,40-,41+,42+,43?,44?,45?,46?,47?,48?,49?,50?,51-,52-,53-,54-,55+,56+/m0/s1. The average molecular weight is 1620 g/mol. The monoisotopic (exact) mass is 1620 g/mol. The van der Waals surface area contributed by atoms with Crippen LogP contribution in [0.5, 0.6) is 0 Å². The lowest BCUT2D eigenvalue weighted by Crippen LogP contribution is -2.64. The highest BCUT2D eigenvalue weighted by Crippen LogP contribution is 2.37. The molecule has 14 aliphatic heterocycles. The van der Waals surface area contributed by atoms with E-state index in [0.717, 1.165) is 0 Å². The quantitative estimate of drug-likeness (QED) is 0.0324. The molecule has 40 nitrogen and oxygen atoms in total. The number of nitrogens with zero attached hydrogens (tertiary/aromatic N) is 2. The molecule has 8 bridgehead atoms. The van der Waals surface area contributed by atoms with Gasteiger partial charge in [-0.2, -0.15) is 0 Å². The molecule has 0 aliphatic carbocycles. The van der Waals surface area contributed by atoms with E-state index >= 15 is 0 Å². The van der Waals surface area contributed by atoms with Gasteiger partial charge >= 0.3 is 0 Å². The van der Waals surface area contributed by atoms with Crippen molar-refractivity contribution in [1.82, 2.24) is 63.0 Å². The SMILES string of the molecule is OCC1O[C@@H]2OCCCCC3C(CNC(=S)NCCN(CCNC(=S)NCCN(CCNC(=S)N[C@H]4OC(CO)[C@@H](O)[C@H](O)C4O)CCNC(=S)N[C@H]4OC(CO)[C@@H](O)[C@H](O)C4O)CCNC(=S)NCC4O[C@@H]5OC6C(CO)O[C@H](OCCCCC4[C@H](O)C5O)C(O)[C@H]6O)O[C@H](OC1[C@H](O)C2O)C(O)[C@H]3O. The Kier molecular flexibility index (Phi) is 36.9. The molecule has 0 radical (unpaired) electrons. The van der Waals surface area contributed by atoms with Crippen molar-refractivity contribution in [2.24, 2.45) is 11.8 Å². The van der Waals surface area contributed by atoms with Crippen LogP contribution >= 0.6 is 61.1 Å². The van der Waals surface area contributed by atoms with Crippen LogP contribution in [-0.4, -0.2) is 430 Å². The molecule has 14 aliphatic rings. The first-order valence-corrected chi connectivity index (χ1v) is 37.8. The number of nitrogens with one attached hydrogen (secondary N) is 10. The van der Waals surface area contributed by atoms with E-state index in [1.807, 2.05) is 4.90 Å². The zero-order valence-electron chi connectivity index (χ0n) is 58.3. The van der Waals surface area contributed by atoms with Gasteiger partial charge in [0, 0.05) is 117 Å². The van der Waals surface area contributed by atoms with Gasteiger partial charge in [0.05, 0.1) is 50.8 Å². The van der Waals surface area contributed by atoms with Crippen molar-refractivity contribution in [3.05, 3.63) is 0 Å². The molecule has 0 spiro atoms.